The van der Waals surface area contributed by atoms with Gasteiger partial charge in [0.2, 0.25) is 0 Å². The topological polar surface area (TPSA) is 73.9 Å². The fourth-order valence-electron chi connectivity index (χ4n) is 1.53. The molecule has 1 unspecified atom stereocenters. The SMILES string of the molecule is CCOC(=O)C1(OC)NC(=O)OC1(C)C. The molecular formula is C9H15NO5. The fraction of sp³-hybridized carbons (Fsp3) is 0.778. The normalized spacial score (nSPS) is 28.1. The molecule has 6 nitrogen and oxygen atoms in total. The van der Waals surface area contributed by atoms with Crippen molar-refractivity contribution in [1.29, 1.82) is 0 Å². The number of alkyl carbamates (subject to hydrolysis) is 1. The molecule has 0 spiro atoms. The van der Waals surface area contributed by atoms with Crippen LogP contribution >= 0.6 is 0 Å². The van der Waals surface area contributed by atoms with E-state index < -0.39 is 23.4 Å². The Hall–Kier alpha value is -1.30. The van der Waals surface area contributed by atoms with Gasteiger partial charge in [-0.15, -0.1) is 0 Å². The van der Waals surface area contributed by atoms with Crippen LogP contribution in [0.1, 0.15) is 20.8 Å². The Kier molecular flexibility index (Phi) is 2.90. The number of nitrogens with one attached hydrogen (secondary N) is 1. The van der Waals surface area contributed by atoms with Gasteiger partial charge >= 0.3 is 12.1 Å². The first-order valence-corrected chi connectivity index (χ1v) is 4.63. The quantitative estimate of drug-likeness (QED) is 0.693. The molecule has 1 atom stereocenters. The predicted octanol–water partition coefficient (Wildman–Crippen LogP) is 0.411. The molecule has 0 bridgehead atoms. The summed E-state index contributed by atoms with van der Waals surface area (Å²) < 4.78 is 14.9. The van der Waals surface area contributed by atoms with E-state index in [9.17, 15) is 9.59 Å². The van der Waals surface area contributed by atoms with E-state index in [1.165, 1.54) is 7.11 Å². The molecule has 0 radical (unpaired) electrons. The van der Waals surface area contributed by atoms with Gasteiger partial charge in [-0.05, 0) is 20.8 Å². The maximum absolute atomic E-state index is 11.7. The maximum atomic E-state index is 11.7. The lowest BCUT2D eigenvalue weighted by Crippen LogP contribution is -2.62. The first-order valence-electron chi connectivity index (χ1n) is 4.63. The van der Waals surface area contributed by atoms with E-state index >= 15 is 0 Å². The van der Waals surface area contributed by atoms with E-state index in [1.54, 1.807) is 20.8 Å². The standard InChI is InChI=1S/C9H15NO5/c1-5-14-6(11)9(13-4)8(2,3)15-7(12)10-9/h5H2,1-4H3,(H,10,12). The summed E-state index contributed by atoms with van der Waals surface area (Å²) >= 11 is 0. The Morgan fingerprint density at radius 3 is 2.47 bits per heavy atom. The molecule has 15 heavy (non-hydrogen) atoms. The van der Waals surface area contributed by atoms with Gasteiger partial charge in [0.15, 0.2) is 5.60 Å². The van der Waals surface area contributed by atoms with E-state index in [0.29, 0.717) is 0 Å². The van der Waals surface area contributed by atoms with Crippen molar-refractivity contribution < 1.29 is 23.8 Å². The number of amides is 1. The van der Waals surface area contributed by atoms with Gasteiger partial charge in [-0.25, -0.2) is 9.59 Å². The summed E-state index contributed by atoms with van der Waals surface area (Å²) in [5, 5.41) is 2.33. The Labute approximate surface area is 87.9 Å². The molecule has 0 aliphatic carbocycles. The molecule has 86 valence electrons. The van der Waals surface area contributed by atoms with Crippen LogP contribution in [0.4, 0.5) is 4.79 Å². The first kappa shape index (κ1) is 11.8. The molecule has 1 rings (SSSR count). The summed E-state index contributed by atoms with van der Waals surface area (Å²) in [7, 11) is 1.31. The smallest absolute Gasteiger partial charge is 0.410 e. The second-order valence-corrected chi connectivity index (χ2v) is 3.63. The number of cyclic esters (lactones) is 1. The lowest BCUT2D eigenvalue weighted by Gasteiger charge is -2.33. The van der Waals surface area contributed by atoms with Crippen LogP contribution in [0.15, 0.2) is 0 Å². The number of ether oxygens (including phenoxy) is 3. The zero-order valence-electron chi connectivity index (χ0n) is 9.25. The zero-order valence-corrected chi connectivity index (χ0v) is 9.25. The van der Waals surface area contributed by atoms with Crippen molar-refractivity contribution in [3.63, 3.8) is 0 Å². The Bertz CT molecular complexity index is 288. The van der Waals surface area contributed by atoms with Gasteiger partial charge in [0.25, 0.3) is 5.72 Å². The van der Waals surface area contributed by atoms with Gasteiger partial charge in [-0.3, -0.25) is 5.32 Å². The monoisotopic (exact) mass is 217 g/mol. The number of methoxy groups -OCH3 is 1. The highest BCUT2D eigenvalue weighted by Gasteiger charge is 2.62. The number of rotatable bonds is 3. The maximum Gasteiger partial charge on any atom is 0.410 e. The van der Waals surface area contributed by atoms with Gasteiger partial charge in [0.05, 0.1) is 6.61 Å². The van der Waals surface area contributed by atoms with Gasteiger partial charge in [-0.1, -0.05) is 0 Å². The van der Waals surface area contributed by atoms with E-state index in [2.05, 4.69) is 5.32 Å². The Morgan fingerprint density at radius 2 is 2.13 bits per heavy atom. The highest BCUT2D eigenvalue weighted by atomic mass is 16.7. The van der Waals surface area contributed by atoms with Crippen molar-refractivity contribution in [2.75, 3.05) is 13.7 Å². The lowest BCUT2D eigenvalue weighted by atomic mass is 9.95. The summed E-state index contributed by atoms with van der Waals surface area (Å²) in [6, 6.07) is 0. The Morgan fingerprint density at radius 1 is 1.53 bits per heavy atom. The molecule has 1 heterocycles. The van der Waals surface area contributed by atoms with Gasteiger partial charge in [-0.2, -0.15) is 0 Å². The molecule has 0 aromatic rings. The minimum Gasteiger partial charge on any atom is -0.462 e. The second kappa shape index (κ2) is 3.69. The summed E-state index contributed by atoms with van der Waals surface area (Å²) in [5.41, 5.74) is -2.68. The summed E-state index contributed by atoms with van der Waals surface area (Å²) in [4.78, 5) is 22.8. The van der Waals surface area contributed by atoms with Gasteiger partial charge < -0.3 is 14.2 Å². The van der Waals surface area contributed by atoms with Crippen LogP contribution in [0.25, 0.3) is 0 Å². The Balaban J connectivity index is 3.03. The van der Waals surface area contributed by atoms with Crippen molar-refractivity contribution >= 4 is 12.1 Å². The highest BCUT2D eigenvalue weighted by molar-refractivity contribution is 5.88. The molecule has 1 fully saturated rings. The van der Waals surface area contributed by atoms with Crippen molar-refractivity contribution in [3.05, 3.63) is 0 Å². The van der Waals surface area contributed by atoms with E-state index in [4.69, 9.17) is 14.2 Å². The van der Waals surface area contributed by atoms with Crippen LogP contribution in [0, 0.1) is 0 Å². The number of esters is 1. The minimum atomic E-state index is -1.57. The van der Waals surface area contributed by atoms with Crippen molar-refractivity contribution in [2.24, 2.45) is 0 Å². The number of carbonyl (C=O) groups excluding carboxylic acids is 2. The number of hydrogen-bond donors (Lipinski definition) is 1. The first-order chi connectivity index (χ1) is 6.89. The fourth-order valence-corrected chi connectivity index (χ4v) is 1.53. The molecule has 0 aromatic carbocycles. The molecule has 0 saturated carbocycles. The van der Waals surface area contributed by atoms with Crippen LogP contribution in [-0.4, -0.2) is 37.1 Å². The average Bonchev–Trinajstić information content (AvgIpc) is 2.36. The number of hydrogen-bond acceptors (Lipinski definition) is 5. The molecule has 0 aromatic heterocycles. The summed E-state index contributed by atoms with van der Waals surface area (Å²) in [5.74, 6) is -0.664. The van der Waals surface area contributed by atoms with Crippen molar-refractivity contribution in [1.82, 2.24) is 5.32 Å². The third-order valence-electron chi connectivity index (χ3n) is 2.34. The molecule has 1 aliphatic heterocycles. The minimum absolute atomic E-state index is 0.204. The third-order valence-corrected chi connectivity index (χ3v) is 2.34. The van der Waals surface area contributed by atoms with Crippen LogP contribution in [0.5, 0.6) is 0 Å². The third kappa shape index (κ3) is 1.65. The van der Waals surface area contributed by atoms with Crippen LogP contribution in [0.2, 0.25) is 0 Å². The van der Waals surface area contributed by atoms with Gasteiger partial charge in [0, 0.05) is 7.11 Å². The average molecular weight is 217 g/mol. The lowest BCUT2D eigenvalue weighted by molar-refractivity contribution is -0.188. The molecule has 1 saturated heterocycles. The highest BCUT2D eigenvalue weighted by Crippen LogP contribution is 2.33. The summed E-state index contributed by atoms with van der Waals surface area (Å²) in [6.07, 6.45) is -0.699. The molecule has 1 aliphatic rings. The second-order valence-electron chi connectivity index (χ2n) is 3.63. The number of carbonyl (C=O) groups is 2. The molecule has 1 amide bonds. The molecule has 1 N–H and O–H groups in total. The van der Waals surface area contributed by atoms with Crippen LogP contribution in [-0.2, 0) is 19.0 Å². The summed E-state index contributed by atoms with van der Waals surface area (Å²) in [6.45, 7) is 5.03. The predicted molar refractivity (Wildman–Crippen MR) is 50.1 cm³/mol. The van der Waals surface area contributed by atoms with Crippen molar-refractivity contribution in [2.45, 2.75) is 32.1 Å². The molecular weight excluding hydrogens is 202 g/mol. The van der Waals surface area contributed by atoms with Crippen molar-refractivity contribution in [3.8, 4) is 0 Å². The largest absolute Gasteiger partial charge is 0.462 e. The van der Waals surface area contributed by atoms with Crippen LogP contribution < -0.4 is 5.32 Å². The van der Waals surface area contributed by atoms with E-state index in [1.807, 2.05) is 0 Å². The van der Waals surface area contributed by atoms with Gasteiger partial charge in [0.1, 0.15) is 0 Å². The molecule has 6 heteroatoms. The van der Waals surface area contributed by atoms with E-state index in [-0.39, 0.29) is 6.61 Å². The van der Waals surface area contributed by atoms with E-state index in [0.717, 1.165) is 0 Å². The zero-order chi connectivity index (χ0) is 11.7. The van der Waals surface area contributed by atoms with Crippen LogP contribution in [0.3, 0.4) is 0 Å².